The second kappa shape index (κ2) is 7.35. The topological polar surface area (TPSA) is 43.2 Å². The second-order valence-electron chi connectivity index (χ2n) is 5.58. The molecule has 2 heterocycles. The van der Waals surface area contributed by atoms with Crippen LogP contribution in [-0.4, -0.2) is 45.4 Å². The van der Waals surface area contributed by atoms with Gasteiger partial charge in [-0.15, -0.1) is 0 Å². The van der Waals surface area contributed by atoms with E-state index in [2.05, 4.69) is 15.0 Å². The predicted molar refractivity (Wildman–Crippen MR) is 81.1 cm³/mol. The van der Waals surface area contributed by atoms with Crippen LogP contribution in [0, 0.1) is 5.82 Å². The molecule has 1 aromatic heterocycles. The van der Waals surface area contributed by atoms with Crippen molar-refractivity contribution in [1.29, 1.82) is 0 Å². The summed E-state index contributed by atoms with van der Waals surface area (Å²) in [6.45, 7) is 3.20. The number of hydrogen-bond donors (Lipinski definition) is 0. The third-order valence-electron chi connectivity index (χ3n) is 4.09. The molecule has 5 nitrogen and oxygen atoms in total. The maximum atomic E-state index is 13.5. The van der Waals surface area contributed by atoms with Crippen LogP contribution in [0.25, 0.3) is 0 Å². The molecule has 6 heteroatoms. The van der Waals surface area contributed by atoms with Crippen LogP contribution in [-0.2, 0) is 6.54 Å². The summed E-state index contributed by atoms with van der Waals surface area (Å²) in [7, 11) is 0. The molecule has 1 fully saturated rings. The van der Waals surface area contributed by atoms with Gasteiger partial charge in [-0.05, 0) is 31.5 Å². The monoisotopic (exact) mass is 304 g/mol. The zero-order chi connectivity index (χ0) is 15.2. The average Bonchev–Trinajstić information content (AvgIpc) is 3.04. The second-order valence-corrected chi connectivity index (χ2v) is 5.58. The summed E-state index contributed by atoms with van der Waals surface area (Å²) in [5.74, 6) is 0.0210. The summed E-state index contributed by atoms with van der Waals surface area (Å²) in [5.41, 5.74) is 0. The van der Waals surface area contributed by atoms with Gasteiger partial charge in [0.25, 0.3) is 0 Å². The smallest absolute Gasteiger partial charge is 0.165 e. The van der Waals surface area contributed by atoms with Crippen LogP contribution in [0.4, 0.5) is 4.39 Å². The fraction of sp³-hybridized carbons (Fsp3) is 0.500. The van der Waals surface area contributed by atoms with Crippen LogP contribution in [0.5, 0.6) is 5.75 Å². The van der Waals surface area contributed by atoms with Gasteiger partial charge in [0.15, 0.2) is 11.6 Å². The van der Waals surface area contributed by atoms with Gasteiger partial charge in [0.05, 0.1) is 6.54 Å². The molecule has 0 unspecified atom stereocenters. The fourth-order valence-corrected chi connectivity index (χ4v) is 2.94. The van der Waals surface area contributed by atoms with Crippen LogP contribution in [0.2, 0.25) is 0 Å². The lowest BCUT2D eigenvalue weighted by Gasteiger charge is -2.35. The molecule has 1 aliphatic rings. The Morgan fingerprint density at radius 2 is 2.18 bits per heavy atom. The first kappa shape index (κ1) is 15.0. The average molecular weight is 304 g/mol. The molecule has 0 amide bonds. The van der Waals surface area contributed by atoms with Crippen molar-refractivity contribution >= 4 is 0 Å². The van der Waals surface area contributed by atoms with Crippen molar-refractivity contribution in [2.45, 2.75) is 31.8 Å². The number of nitrogens with zero attached hydrogens (tertiary/aromatic N) is 4. The molecule has 0 bridgehead atoms. The lowest BCUT2D eigenvalue weighted by molar-refractivity contribution is 0.108. The number of piperidine rings is 1. The molecule has 1 saturated heterocycles. The summed E-state index contributed by atoms with van der Waals surface area (Å²) >= 11 is 0. The van der Waals surface area contributed by atoms with Gasteiger partial charge in [-0.1, -0.05) is 18.6 Å². The van der Waals surface area contributed by atoms with Crippen LogP contribution in [0.3, 0.4) is 0 Å². The Bertz CT molecular complexity index is 575. The number of aromatic nitrogens is 3. The Labute approximate surface area is 129 Å². The van der Waals surface area contributed by atoms with Crippen molar-refractivity contribution in [3.8, 4) is 5.75 Å². The molecule has 1 aliphatic heterocycles. The minimum atomic E-state index is -0.305. The minimum absolute atomic E-state index is 0.305. The number of para-hydroxylation sites is 1. The molecular formula is C16H21FN4O. The number of benzene rings is 1. The van der Waals surface area contributed by atoms with E-state index in [0.29, 0.717) is 18.4 Å². The van der Waals surface area contributed by atoms with E-state index in [0.717, 1.165) is 26.1 Å². The largest absolute Gasteiger partial charge is 0.489 e. The van der Waals surface area contributed by atoms with Gasteiger partial charge in [-0.2, -0.15) is 5.10 Å². The van der Waals surface area contributed by atoms with Crippen LogP contribution >= 0.6 is 0 Å². The molecule has 0 saturated carbocycles. The van der Waals surface area contributed by atoms with Crippen LogP contribution in [0.1, 0.15) is 19.3 Å². The molecule has 2 aromatic rings. The summed E-state index contributed by atoms with van der Waals surface area (Å²) in [5, 5.41) is 4.18. The third-order valence-corrected chi connectivity index (χ3v) is 4.09. The quantitative estimate of drug-likeness (QED) is 0.821. The van der Waals surface area contributed by atoms with Crippen LogP contribution in [0.15, 0.2) is 36.9 Å². The molecule has 3 rings (SSSR count). The van der Waals surface area contributed by atoms with E-state index in [1.807, 2.05) is 4.68 Å². The number of rotatable bonds is 6. The number of halogens is 1. The van der Waals surface area contributed by atoms with Gasteiger partial charge in [-0.25, -0.2) is 9.37 Å². The van der Waals surface area contributed by atoms with E-state index < -0.39 is 0 Å². The SMILES string of the molecule is Fc1ccccc1OCCN1CCCC[C@@H]1Cn1cncn1. The highest BCUT2D eigenvalue weighted by atomic mass is 19.1. The molecule has 1 atom stereocenters. The Balaban J connectivity index is 1.52. The van der Waals surface area contributed by atoms with Crippen molar-refractivity contribution < 1.29 is 9.13 Å². The number of likely N-dealkylation sites (tertiary alicyclic amines) is 1. The third kappa shape index (κ3) is 3.82. The lowest BCUT2D eigenvalue weighted by Crippen LogP contribution is -2.44. The molecule has 22 heavy (non-hydrogen) atoms. The van der Waals surface area contributed by atoms with Crippen molar-refractivity contribution in [3.05, 3.63) is 42.7 Å². The Kier molecular flexibility index (Phi) is 5.00. The van der Waals surface area contributed by atoms with E-state index in [1.54, 1.807) is 30.9 Å². The van der Waals surface area contributed by atoms with Gasteiger partial charge < -0.3 is 4.74 Å². The zero-order valence-corrected chi connectivity index (χ0v) is 12.6. The van der Waals surface area contributed by atoms with E-state index >= 15 is 0 Å². The van der Waals surface area contributed by atoms with Crippen LogP contribution < -0.4 is 4.74 Å². The molecule has 118 valence electrons. The Morgan fingerprint density at radius 1 is 1.27 bits per heavy atom. The molecule has 0 radical (unpaired) electrons. The summed E-state index contributed by atoms with van der Waals surface area (Å²) in [6.07, 6.45) is 6.91. The molecule has 1 aromatic carbocycles. The number of hydrogen-bond acceptors (Lipinski definition) is 4. The van der Waals surface area contributed by atoms with Gasteiger partial charge in [0, 0.05) is 12.6 Å². The highest BCUT2D eigenvalue weighted by Gasteiger charge is 2.22. The summed E-state index contributed by atoms with van der Waals surface area (Å²) in [4.78, 5) is 6.40. The van der Waals surface area contributed by atoms with E-state index in [9.17, 15) is 4.39 Å². The summed E-state index contributed by atoms with van der Waals surface area (Å²) in [6, 6.07) is 6.98. The molecule has 0 aliphatic carbocycles. The molecular weight excluding hydrogens is 283 g/mol. The zero-order valence-electron chi connectivity index (χ0n) is 12.6. The van der Waals surface area contributed by atoms with Gasteiger partial charge >= 0.3 is 0 Å². The lowest BCUT2D eigenvalue weighted by atomic mass is 10.0. The Morgan fingerprint density at radius 3 is 3.00 bits per heavy atom. The highest BCUT2D eigenvalue weighted by Crippen LogP contribution is 2.19. The maximum absolute atomic E-state index is 13.5. The highest BCUT2D eigenvalue weighted by molar-refractivity contribution is 5.23. The van der Waals surface area contributed by atoms with Crippen molar-refractivity contribution in [2.24, 2.45) is 0 Å². The van der Waals surface area contributed by atoms with E-state index in [-0.39, 0.29) is 5.82 Å². The maximum Gasteiger partial charge on any atom is 0.165 e. The number of ether oxygens (including phenoxy) is 1. The Hall–Kier alpha value is -1.95. The first-order valence-corrected chi connectivity index (χ1v) is 7.77. The van der Waals surface area contributed by atoms with Crippen molar-refractivity contribution in [2.75, 3.05) is 19.7 Å². The first-order valence-electron chi connectivity index (χ1n) is 7.77. The van der Waals surface area contributed by atoms with Gasteiger partial charge in [0.1, 0.15) is 19.3 Å². The van der Waals surface area contributed by atoms with Gasteiger partial charge in [-0.3, -0.25) is 9.58 Å². The molecule has 0 N–H and O–H groups in total. The minimum Gasteiger partial charge on any atom is -0.489 e. The standard InChI is InChI=1S/C16H21FN4O/c17-15-6-1-2-7-16(15)22-10-9-20-8-4-3-5-14(20)11-21-13-18-12-19-21/h1-2,6-7,12-14H,3-5,8-11H2/t14-/m1/s1. The van der Waals surface area contributed by atoms with E-state index in [1.165, 1.54) is 18.9 Å². The first-order chi connectivity index (χ1) is 10.8. The normalized spacial score (nSPS) is 19.2. The van der Waals surface area contributed by atoms with E-state index in [4.69, 9.17) is 4.74 Å². The van der Waals surface area contributed by atoms with Gasteiger partial charge in [0.2, 0.25) is 0 Å². The fourth-order valence-electron chi connectivity index (χ4n) is 2.94. The predicted octanol–water partition coefficient (Wildman–Crippen LogP) is 2.35. The van der Waals surface area contributed by atoms with Crippen molar-refractivity contribution in [3.63, 3.8) is 0 Å². The summed E-state index contributed by atoms with van der Waals surface area (Å²) < 4.78 is 21.0. The van der Waals surface area contributed by atoms with Crippen molar-refractivity contribution in [1.82, 2.24) is 19.7 Å². The molecule has 0 spiro atoms.